The number of hydrogen-bond donors (Lipinski definition) is 1. The highest BCUT2D eigenvalue weighted by molar-refractivity contribution is 5.69. The molecule has 0 saturated heterocycles. The third-order valence-electron chi connectivity index (χ3n) is 3.37. The van der Waals surface area contributed by atoms with E-state index < -0.39 is 4.92 Å². The summed E-state index contributed by atoms with van der Waals surface area (Å²) in [4.78, 5) is 14.5. The van der Waals surface area contributed by atoms with Crippen LogP contribution in [0.2, 0.25) is 0 Å². The summed E-state index contributed by atoms with van der Waals surface area (Å²) in [6, 6.07) is 11.4. The number of aromatic nitrogens is 2. The van der Waals surface area contributed by atoms with Crippen molar-refractivity contribution in [2.75, 3.05) is 5.73 Å². The van der Waals surface area contributed by atoms with E-state index in [1.165, 1.54) is 12.1 Å². The summed E-state index contributed by atoms with van der Waals surface area (Å²) < 4.78 is 5.23. The monoisotopic (exact) mass is 296 g/mol. The van der Waals surface area contributed by atoms with Crippen molar-refractivity contribution in [2.45, 2.75) is 6.92 Å². The molecule has 0 spiro atoms. The number of nitro benzene ring substituents is 1. The molecule has 0 atom stereocenters. The molecule has 0 aliphatic carbocycles. The van der Waals surface area contributed by atoms with Gasteiger partial charge < -0.3 is 10.3 Å². The number of benzene rings is 2. The number of nitro groups is 1. The third-order valence-corrected chi connectivity index (χ3v) is 3.37. The highest BCUT2D eigenvalue weighted by atomic mass is 16.6. The lowest BCUT2D eigenvalue weighted by Crippen LogP contribution is -1.93. The molecule has 3 rings (SSSR count). The van der Waals surface area contributed by atoms with Gasteiger partial charge in [0.25, 0.3) is 11.6 Å². The molecule has 7 nitrogen and oxygen atoms in total. The van der Waals surface area contributed by atoms with Crippen molar-refractivity contribution in [3.63, 3.8) is 0 Å². The van der Waals surface area contributed by atoms with Gasteiger partial charge in [-0.05, 0) is 30.7 Å². The van der Waals surface area contributed by atoms with Crippen molar-refractivity contribution < 1.29 is 9.45 Å². The van der Waals surface area contributed by atoms with Gasteiger partial charge in [0.05, 0.1) is 4.92 Å². The van der Waals surface area contributed by atoms with E-state index in [1.54, 1.807) is 18.2 Å². The van der Waals surface area contributed by atoms with Gasteiger partial charge in [-0.3, -0.25) is 10.1 Å². The highest BCUT2D eigenvalue weighted by Crippen LogP contribution is 2.27. The Morgan fingerprint density at radius 1 is 1.18 bits per heavy atom. The van der Waals surface area contributed by atoms with E-state index in [0.717, 1.165) is 11.1 Å². The molecule has 2 aromatic carbocycles. The predicted octanol–water partition coefficient (Wildman–Crippen LogP) is 3.20. The Kier molecular flexibility index (Phi) is 3.30. The van der Waals surface area contributed by atoms with Crippen LogP contribution in [0, 0.1) is 17.0 Å². The fraction of sp³-hybridized carbons (Fsp3) is 0.0667. The van der Waals surface area contributed by atoms with Crippen molar-refractivity contribution >= 4 is 11.4 Å². The minimum atomic E-state index is -0.459. The Labute approximate surface area is 125 Å². The van der Waals surface area contributed by atoms with Gasteiger partial charge in [0.1, 0.15) is 0 Å². The summed E-state index contributed by atoms with van der Waals surface area (Å²) in [6.45, 7) is 1.88. The lowest BCUT2D eigenvalue weighted by Gasteiger charge is -2.03. The van der Waals surface area contributed by atoms with Gasteiger partial charge in [0.15, 0.2) is 0 Å². The van der Waals surface area contributed by atoms with E-state index in [9.17, 15) is 10.1 Å². The number of nitrogens with two attached hydrogens (primary N) is 1. The minimum Gasteiger partial charge on any atom is -0.398 e. The number of anilines is 1. The molecular formula is C15H12N4O3. The van der Waals surface area contributed by atoms with E-state index in [1.807, 2.05) is 19.1 Å². The van der Waals surface area contributed by atoms with Crippen molar-refractivity contribution in [2.24, 2.45) is 0 Å². The standard InChI is InChI=1S/C15H12N4O3/c1-9-12(3-2-4-13(9)16)14-17-15(22-18-14)10-5-7-11(8-6-10)19(20)21/h2-8H,16H2,1H3. The van der Waals surface area contributed by atoms with Gasteiger partial charge in [0, 0.05) is 28.9 Å². The minimum absolute atomic E-state index is 0.00941. The Morgan fingerprint density at radius 2 is 1.91 bits per heavy atom. The third kappa shape index (κ3) is 2.39. The fourth-order valence-electron chi connectivity index (χ4n) is 2.07. The Balaban J connectivity index is 1.97. The molecule has 0 unspecified atom stereocenters. The molecule has 0 radical (unpaired) electrons. The average Bonchev–Trinajstić information content (AvgIpc) is 3.00. The van der Waals surface area contributed by atoms with E-state index in [2.05, 4.69) is 10.1 Å². The largest absolute Gasteiger partial charge is 0.398 e. The van der Waals surface area contributed by atoms with E-state index in [0.29, 0.717) is 23.0 Å². The summed E-state index contributed by atoms with van der Waals surface area (Å²) in [5.41, 5.74) is 8.81. The van der Waals surface area contributed by atoms with Gasteiger partial charge in [-0.25, -0.2) is 0 Å². The average molecular weight is 296 g/mol. The van der Waals surface area contributed by atoms with Crippen LogP contribution in [0.25, 0.3) is 22.8 Å². The Bertz CT molecular complexity index is 840. The maximum absolute atomic E-state index is 10.6. The molecule has 0 saturated carbocycles. The summed E-state index contributed by atoms with van der Waals surface area (Å²) in [5.74, 6) is 0.727. The number of nitrogen functional groups attached to an aromatic ring is 1. The first-order valence-corrected chi connectivity index (χ1v) is 6.50. The van der Waals surface area contributed by atoms with E-state index in [-0.39, 0.29) is 5.69 Å². The molecule has 2 N–H and O–H groups in total. The van der Waals surface area contributed by atoms with Crippen LogP contribution < -0.4 is 5.73 Å². The number of rotatable bonds is 3. The predicted molar refractivity (Wildman–Crippen MR) is 81.0 cm³/mol. The Hall–Kier alpha value is -3.22. The van der Waals surface area contributed by atoms with Crippen molar-refractivity contribution in [1.82, 2.24) is 10.1 Å². The maximum atomic E-state index is 10.6. The molecule has 22 heavy (non-hydrogen) atoms. The Morgan fingerprint density at radius 3 is 2.59 bits per heavy atom. The zero-order chi connectivity index (χ0) is 15.7. The van der Waals surface area contributed by atoms with Crippen LogP contribution in [0.1, 0.15) is 5.56 Å². The van der Waals surface area contributed by atoms with E-state index >= 15 is 0 Å². The summed E-state index contributed by atoms with van der Waals surface area (Å²) >= 11 is 0. The second-order valence-electron chi connectivity index (χ2n) is 4.75. The molecule has 3 aromatic rings. The summed E-state index contributed by atoms with van der Waals surface area (Å²) in [7, 11) is 0. The summed E-state index contributed by atoms with van der Waals surface area (Å²) in [5, 5.41) is 14.6. The summed E-state index contributed by atoms with van der Waals surface area (Å²) in [6.07, 6.45) is 0. The van der Waals surface area contributed by atoms with Crippen LogP contribution in [0.4, 0.5) is 11.4 Å². The number of non-ortho nitro benzene ring substituents is 1. The quantitative estimate of drug-likeness (QED) is 0.451. The van der Waals surface area contributed by atoms with Crippen molar-refractivity contribution in [3.05, 3.63) is 58.1 Å². The smallest absolute Gasteiger partial charge is 0.269 e. The van der Waals surface area contributed by atoms with Crippen LogP contribution >= 0.6 is 0 Å². The molecule has 0 aliphatic rings. The zero-order valence-corrected chi connectivity index (χ0v) is 11.7. The van der Waals surface area contributed by atoms with Gasteiger partial charge in [-0.15, -0.1) is 0 Å². The first kappa shape index (κ1) is 13.7. The topological polar surface area (TPSA) is 108 Å². The molecular weight excluding hydrogens is 284 g/mol. The van der Waals surface area contributed by atoms with Crippen LogP contribution in [0.15, 0.2) is 47.0 Å². The van der Waals surface area contributed by atoms with Gasteiger partial charge in [0.2, 0.25) is 5.82 Å². The van der Waals surface area contributed by atoms with Gasteiger partial charge in [-0.1, -0.05) is 17.3 Å². The first-order chi connectivity index (χ1) is 10.6. The second kappa shape index (κ2) is 5.28. The zero-order valence-electron chi connectivity index (χ0n) is 11.7. The van der Waals surface area contributed by atoms with Crippen molar-refractivity contribution in [1.29, 1.82) is 0 Å². The molecule has 0 aliphatic heterocycles. The van der Waals surface area contributed by atoms with Crippen molar-refractivity contribution in [3.8, 4) is 22.8 Å². The SMILES string of the molecule is Cc1c(N)cccc1-c1noc(-c2ccc([N+](=O)[O-])cc2)n1. The lowest BCUT2D eigenvalue weighted by molar-refractivity contribution is -0.384. The number of hydrogen-bond acceptors (Lipinski definition) is 6. The molecule has 0 bridgehead atoms. The van der Waals surface area contributed by atoms with Gasteiger partial charge in [-0.2, -0.15) is 4.98 Å². The molecule has 1 heterocycles. The van der Waals surface area contributed by atoms with Crippen LogP contribution in [-0.4, -0.2) is 15.1 Å². The van der Waals surface area contributed by atoms with Crippen LogP contribution in [0.5, 0.6) is 0 Å². The first-order valence-electron chi connectivity index (χ1n) is 6.50. The highest BCUT2D eigenvalue weighted by Gasteiger charge is 2.14. The molecule has 0 amide bonds. The van der Waals surface area contributed by atoms with Crippen LogP contribution in [-0.2, 0) is 0 Å². The van der Waals surface area contributed by atoms with E-state index in [4.69, 9.17) is 10.3 Å². The molecule has 110 valence electrons. The second-order valence-corrected chi connectivity index (χ2v) is 4.75. The number of nitrogens with zero attached hydrogens (tertiary/aromatic N) is 3. The molecule has 7 heteroatoms. The van der Waals surface area contributed by atoms with Gasteiger partial charge >= 0.3 is 0 Å². The van der Waals surface area contributed by atoms with Crippen LogP contribution in [0.3, 0.4) is 0 Å². The molecule has 1 aromatic heterocycles. The maximum Gasteiger partial charge on any atom is 0.269 e. The normalized spacial score (nSPS) is 10.6. The lowest BCUT2D eigenvalue weighted by atomic mass is 10.1. The molecule has 0 fully saturated rings. The fourth-order valence-corrected chi connectivity index (χ4v) is 2.07.